The van der Waals surface area contributed by atoms with Crippen LogP contribution in [0.25, 0.3) is 0 Å². The zero-order valence-electron chi connectivity index (χ0n) is 9.72. The van der Waals surface area contributed by atoms with Crippen LogP contribution >= 0.6 is 23.2 Å². The largest absolute Gasteiger partial charge is 0.324 e. The summed E-state index contributed by atoms with van der Waals surface area (Å²) in [5, 5.41) is 6.57. The van der Waals surface area contributed by atoms with Crippen molar-refractivity contribution in [3.63, 3.8) is 0 Å². The molecule has 0 aromatic heterocycles. The fourth-order valence-corrected chi connectivity index (χ4v) is 1.65. The molecule has 0 radical (unpaired) electrons. The minimum atomic E-state index is -0.120. The topological polar surface area (TPSA) is 41.1 Å². The number of halogens is 2. The molecule has 17 heavy (non-hydrogen) atoms. The average molecular weight is 275 g/mol. The Kier molecular flexibility index (Phi) is 6.34. The van der Waals surface area contributed by atoms with Gasteiger partial charge >= 0.3 is 0 Å². The molecular weight excluding hydrogens is 259 g/mol. The summed E-state index contributed by atoms with van der Waals surface area (Å²) in [5.74, 6) is -0.120. The molecule has 0 heterocycles. The molecule has 0 saturated heterocycles. The third kappa shape index (κ3) is 4.94. The summed E-state index contributed by atoms with van der Waals surface area (Å²) in [5.41, 5.74) is 0.543. The van der Waals surface area contributed by atoms with E-state index in [1.54, 1.807) is 18.2 Å². The monoisotopic (exact) mass is 274 g/mol. The second kappa shape index (κ2) is 7.54. The molecule has 0 aliphatic carbocycles. The highest BCUT2D eigenvalue weighted by Gasteiger charge is 2.07. The summed E-state index contributed by atoms with van der Waals surface area (Å²) >= 11 is 11.8. The Labute approximate surface area is 111 Å². The third-order valence-electron chi connectivity index (χ3n) is 2.22. The van der Waals surface area contributed by atoms with Gasteiger partial charge in [0.05, 0.1) is 22.3 Å². The van der Waals surface area contributed by atoms with Crippen LogP contribution in [0.1, 0.15) is 19.8 Å². The van der Waals surface area contributed by atoms with Crippen molar-refractivity contribution in [1.82, 2.24) is 5.32 Å². The van der Waals surface area contributed by atoms with Crippen molar-refractivity contribution < 1.29 is 4.79 Å². The molecule has 0 atom stereocenters. The highest BCUT2D eigenvalue weighted by molar-refractivity contribution is 6.43. The Morgan fingerprint density at radius 2 is 2.12 bits per heavy atom. The summed E-state index contributed by atoms with van der Waals surface area (Å²) in [6, 6.07) is 5.14. The molecule has 1 aromatic carbocycles. The Morgan fingerprint density at radius 1 is 1.35 bits per heavy atom. The van der Waals surface area contributed by atoms with Gasteiger partial charge in [0.15, 0.2) is 0 Å². The van der Waals surface area contributed by atoms with Crippen molar-refractivity contribution in [2.45, 2.75) is 19.8 Å². The number of nitrogens with one attached hydrogen (secondary N) is 2. The van der Waals surface area contributed by atoms with Crippen LogP contribution in [0.3, 0.4) is 0 Å². The maximum atomic E-state index is 11.6. The van der Waals surface area contributed by atoms with Crippen LogP contribution in [0.5, 0.6) is 0 Å². The minimum absolute atomic E-state index is 0.120. The first-order valence-corrected chi connectivity index (χ1v) is 6.35. The van der Waals surface area contributed by atoms with Crippen LogP contribution in [0.2, 0.25) is 10.0 Å². The molecule has 3 nitrogen and oxygen atoms in total. The van der Waals surface area contributed by atoms with Crippen molar-refractivity contribution >= 4 is 34.8 Å². The van der Waals surface area contributed by atoms with Crippen LogP contribution < -0.4 is 10.6 Å². The standard InChI is InChI=1S/C12H16Cl2N2O/c1-2-3-7-15-8-11(17)16-10-6-4-5-9(13)12(10)14/h4-6,15H,2-3,7-8H2,1H3,(H,16,17). The van der Waals surface area contributed by atoms with Gasteiger partial charge in [-0.25, -0.2) is 0 Å². The van der Waals surface area contributed by atoms with E-state index in [0.29, 0.717) is 15.7 Å². The molecular formula is C12H16Cl2N2O. The first kappa shape index (κ1) is 14.3. The molecule has 0 aliphatic rings. The van der Waals surface area contributed by atoms with E-state index < -0.39 is 0 Å². The molecule has 0 unspecified atom stereocenters. The third-order valence-corrected chi connectivity index (χ3v) is 3.04. The fourth-order valence-electron chi connectivity index (χ4n) is 1.30. The van der Waals surface area contributed by atoms with Gasteiger partial charge in [0, 0.05) is 0 Å². The number of benzene rings is 1. The molecule has 0 fully saturated rings. The number of rotatable bonds is 6. The Hall–Kier alpha value is -0.770. The first-order chi connectivity index (χ1) is 8.15. The van der Waals surface area contributed by atoms with Crippen molar-refractivity contribution in [2.24, 2.45) is 0 Å². The lowest BCUT2D eigenvalue weighted by Gasteiger charge is -2.08. The van der Waals surface area contributed by atoms with Gasteiger partial charge in [0.2, 0.25) is 5.91 Å². The van der Waals surface area contributed by atoms with Crippen LogP contribution in [0, 0.1) is 0 Å². The van der Waals surface area contributed by atoms with E-state index in [2.05, 4.69) is 17.6 Å². The van der Waals surface area contributed by atoms with Crippen LogP contribution in [-0.2, 0) is 4.79 Å². The van der Waals surface area contributed by atoms with E-state index in [9.17, 15) is 4.79 Å². The van der Waals surface area contributed by atoms with Crippen LogP contribution in [-0.4, -0.2) is 19.0 Å². The summed E-state index contributed by atoms with van der Waals surface area (Å²) in [6.45, 7) is 3.23. The number of carbonyl (C=O) groups excluding carboxylic acids is 1. The quantitative estimate of drug-likeness (QED) is 0.782. The molecule has 0 bridgehead atoms. The summed E-state index contributed by atoms with van der Waals surface area (Å²) in [4.78, 5) is 11.6. The van der Waals surface area contributed by atoms with Crippen LogP contribution in [0.4, 0.5) is 5.69 Å². The van der Waals surface area contributed by atoms with Gasteiger partial charge in [0.1, 0.15) is 0 Å². The molecule has 1 rings (SSSR count). The minimum Gasteiger partial charge on any atom is -0.324 e. The molecule has 1 amide bonds. The molecule has 1 aromatic rings. The van der Waals surface area contributed by atoms with Crippen molar-refractivity contribution in [2.75, 3.05) is 18.4 Å². The van der Waals surface area contributed by atoms with E-state index in [4.69, 9.17) is 23.2 Å². The normalized spacial score (nSPS) is 10.3. The lowest BCUT2D eigenvalue weighted by molar-refractivity contribution is -0.115. The predicted molar refractivity (Wildman–Crippen MR) is 72.9 cm³/mol. The molecule has 0 spiro atoms. The van der Waals surface area contributed by atoms with E-state index in [-0.39, 0.29) is 12.5 Å². The Morgan fingerprint density at radius 3 is 2.82 bits per heavy atom. The molecule has 5 heteroatoms. The lowest BCUT2D eigenvalue weighted by Crippen LogP contribution is -2.28. The maximum absolute atomic E-state index is 11.6. The van der Waals surface area contributed by atoms with Gasteiger partial charge in [-0.2, -0.15) is 0 Å². The number of hydrogen-bond acceptors (Lipinski definition) is 2. The van der Waals surface area contributed by atoms with Gasteiger partial charge in [-0.1, -0.05) is 42.6 Å². The zero-order valence-corrected chi connectivity index (χ0v) is 11.2. The van der Waals surface area contributed by atoms with Crippen molar-refractivity contribution in [1.29, 1.82) is 0 Å². The van der Waals surface area contributed by atoms with Gasteiger partial charge in [-0.3, -0.25) is 4.79 Å². The van der Waals surface area contributed by atoms with Gasteiger partial charge in [-0.15, -0.1) is 0 Å². The SMILES string of the molecule is CCCCNCC(=O)Nc1cccc(Cl)c1Cl. The number of hydrogen-bond donors (Lipinski definition) is 2. The average Bonchev–Trinajstić information content (AvgIpc) is 2.31. The Balaban J connectivity index is 2.43. The number of anilines is 1. The number of amides is 1. The van der Waals surface area contributed by atoms with E-state index >= 15 is 0 Å². The molecule has 94 valence electrons. The zero-order chi connectivity index (χ0) is 12.7. The van der Waals surface area contributed by atoms with Crippen molar-refractivity contribution in [3.05, 3.63) is 28.2 Å². The molecule has 0 aliphatic heterocycles. The maximum Gasteiger partial charge on any atom is 0.238 e. The van der Waals surface area contributed by atoms with Gasteiger partial charge in [0.25, 0.3) is 0 Å². The van der Waals surface area contributed by atoms with E-state index in [1.165, 1.54) is 0 Å². The van der Waals surface area contributed by atoms with Crippen molar-refractivity contribution in [3.8, 4) is 0 Å². The second-order valence-electron chi connectivity index (χ2n) is 3.68. The first-order valence-electron chi connectivity index (χ1n) is 5.59. The van der Waals surface area contributed by atoms with Gasteiger partial charge in [-0.05, 0) is 25.1 Å². The predicted octanol–water partition coefficient (Wildman–Crippen LogP) is 3.32. The molecule has 2 N–H and O–H groups in total. The summed E-state index contributed by atoms with van der Waals surface area (Å²) in [7, 11) is 0. The highest BCUT2D eigenvalue weighted by Crippen LogP contribution is 2.29. The van der Waals surface area contributed by atoms with Gasteiger partial charge < -0.3 is 10.6 Å². The lowest BCUT2D eigenvalue weighted by atomic mass is 10.3. The van der Waals surface area contributed by atoms with Crippen LogP contribution in [0.15, 0.2) is 18.2 Å². The Bertz CT molecular complexity index is 383. The highest BCUT2D eigenvalue weighted by atomic mass is 35.5. The van der Waals surface area contributed by atoms with E-state index in [1.807, 2.05) is 0 Å². The summed E-state index contributed by atoms with van der Waals surface area (Å²) < 4.78 is 0. The van der Waals surface area contributed by atoms with E-state index in [0.717, 1.165) is 19.4 Å². The smallest absolute Gasteiger partial charge is 0.238 e. The number of carbonyl (C=O) groups is 1. The molecule has 0 saturated carbocycles. The second-order valence-corrected chi connectivity index (χ2v) is 4.47. The fraction of sp³-hybridized carbons (Fsp3) is 0.417. The number of unbranched alkanes of at least 4 members (excludes halogenated alkanes) is 1. The summed E-state index contributed by atoms with van der Waals surface area (Å²) in [6.07, 6.45) is 2.17.